The van der Waals surface area contributed by atoms with Crippen LogP contribution in [0.4, 0.5) is 10.1 Å². The van der Waals surface area contributed by atoms with E-state index in [0.717, 1.165) is 0 Å². The summed E-state index contributed by atoms with van der Waals surface area (Å²) in [5.74, 6) is -0.748. The van der Waals surface area contributed by atoms with Crippen LogP contribution in [0.3, 0.4) is 0 Å². The van der Waals surface area contributed by atoms with Crippen molar-refractivity contribution in [2.45, 2.75) is 6.92 Å². The number of hydrogen-bond acceptors (Lipinski definition) is 3. The molecule has 1 aromatic carbocycles. The first-order chi connectivity index (χ1) is 9.08. The van der Waals surface area contributed by atoms with E-state index in [9.17, 15) is 9.18 Å². The van der Waals surface area contributed by atoms with Gasteiger partial charge in [-0.25, -0.2) is 4.39 Å². The highest BCUT2D eigenvalue weighted by atomic mass is 32.1. The molecule has 1 amide bonds. The molecule has 0 atom stereocenters. The van der Waals surface area contributed by atoms with Gasteiger partial charge in [0, 0.05) is 5.56 Å². The molecule has 0 unspecified atom stereocenters. The predicted molar refractivity (Wildman–Crippen MR) is 73.5 cm³/mol. The molecule has 0 saturated carbocycles. The second-order valence-corrected chi connectivity index (χ2v) is 4.23. The number of carbonyl (C=O) groups is 1. The van der Waals surface area contributed by atoms with E-state index in [2.05, 4.69) is 10.6 Å². The number of furan rings is 1. The lowest BCUT2D eigenvalue weighted by atomic mass is 10.3. The third-order valence-corrected chi connectivity index (χ3v) is 2.62. The lowest BCUT2D eigenvalue weighted by Crippen LogP contribution is -2.34. The van der Waals surface area contributed by atoms with Crippen molar-refractivity contribution in [1.82, 2.24) is 5.32 Å². The minimum atomic E-state index is -0.476. The first-order valence-corrected chi connectivity index (χ1v) is 5.89. The van der Waals surface area contributed by atoms with E-state index in [4.69, 9.17) is 16.6 Å². The first-order valence-electron chi connectivity index (χ1n) is 5.49. The van der Waals surface area contributed by atoms with E-state index in [1.165, 1.54) is 18.4 Å². The van der Waals surface area contributed by atoms with E-state index < -0.39 is 11.7 Å². The van der Waals surface area contributed by atoms with Crippen molar-refractivity contribution in [3.8, 4) is 0 Å². The molecule has 0 aliphatic rings. The fraction of sp³-hybridized carbons (Fsp3) is 0.0769. The van der Waals surface area contributed by atoms with Crippen LogP contribution in [0.1, 0.15) is 16.1 Å². The molecule has 6 heteroatoms. The number of hydrogen-bond donors (Lipinski definition) is 2. The molecule has 0 bridgehead atoms. The van der Waals surface area contributed by atoms with Crippen LogP contribution in [0.15, 0.2) is 41.0 Å². The molecule has 2 rings (SSSR count). The third-order valence-electron chi connectivity index (χ3n) is 2.42. The zero-order chi connectivity index (χ0) is 13.8. The maximum Gasteiger partial charge on any atom is 0.293 e. The van der Waals surface area contributed by atoms with Gasteiger partial charge < -0.3 is 9.73 Å². The largest absolute Gasteiger partial charge is 0.459 e. The number of thiocarbonyl (C=S) groups is 1. The predicted octanol–water partition coefficient (Wildman–Crippen LogP) is 2.85. The monoisotopic (exact) mass is 278 g/mol. The normalized spacial score (nSPS) is 10.0. The van der Waals surface area contributed by atoms with Gasteiger partial charge >= 0.3 is 0 Å². The number of nitrogens with one attached hydrogen (secondary N) is 2. The van der Waals surface area contributed by atoms with Gasteiger partial charge in [0.25, 0.3) is 5.91 Å². The molecule has 0 radical (unpaired) electrons. The number of para-hydroxylation sites is 1. The van der Waals surface area contributed by atoms with E-state index in [1.54, 1.807) is 25.1 Å². The smallest absolute Gasteiger partial charge is 0.293 e. The number of aryl methyl sites for hydroxylation is 1. The van der Waals surface area contributed by atoms with Crippen LogP contribution in [0.2, 0.25) is 0 Å². The number of halogens is 1. The summed E-state index contributed by atoms with van der Waals surface area (Å²) in [6, 6.07) is 7.71. The Morgan fingerprint density at radius 2 is 2.05 bits per heavy atom. The van der Waals surface area contributed by atoms with E-state index in [1.807, 2.05) is 0 Å². The molecule has 2 aromatic rings. The molecular formula is C13H11FN2O2S. The van der Waals surface area contributed by atoms with Crippen LogP contribution in [0.5, 0.6) is 0 Å². The molecule has 0 fully saturated rings. The van der Waals surface area contributed by atoms with Crippen LogP contribution < -0.4 is 10.6 Å². The van der Waals surface area contributed by atoms with Crippen molar-refractivity contribution >= 4 is 28.9 Å². The van der Waals surface area contributed by atoms with Gasteiger partial charge in [-0.05, 0) is 37.3 Å². The maximum absolute atomic E-state index is 13.4. The van der Waals surface area contributed by atoms with Crippen molar-refractivity contribution in [3.05, 3.63) is 53.7 Å². The average molecular weight is 278 g/mol. The highest BCUT2D eigenvalue weighted by molar-refractivity contribution is 7.80. The number of rotatable bonds is 2. The van der Waals surface area contributed by atoms with Gasteiger partial charge in [-0.3, -0.25) is 10.1 Å². The minimum absolute atomic E-state index is 0.00546. The summed E-state index contributed by atoms with van der Waals surface area (Å²) in [5, 5.41) is 5.03. The molecule has 2 N–H and O–H groups in total. The summed E-state index contributed by atoms with van der Waals surface area (Å²) in [6.45, 7) is 1.74. The molecule has 98 valence electrons. The topological polar surface area (TPSA) is 54.3 Å². The third kappa shape index (κ3) is 3.17. The summed E-state index contributed by atoms with van der Waals surface area (Å²) < 4.78 is 18.4. The van der Waals surface area contributed by atoms with Gasteiger partial charge in [-0.1, -0.05) is 12.1 Å². The molecule has 0 saturated heterocycles. The lowest BCUT2D eigenvalue weighted by molar-refractivity contribution is 0.0950. The minimum Gasteiger partial charge on any atom is -0.459 e. The van der Waals surface area contributed by atoms with Crippen LogP contribution in [-0.4, -0.2) is 11.0 Å². The van der Waals surface area contributed by atoms with Gasteiger partial charge in [-0.15, -0.1) is 0 Å². The quantitative estimate of drug-likeness (QED) is 0.829. The molecule has 19 heavy (non-hydrogen) atoms. The second kappa shape index (κ2) is 5.62. The standard InChI is InChI=1S/C13H11FN2O2S/c1-8-6-7-18-11(8)12(17)16-13(19)15-10-5-3-2-4-9(10)14/h2-7H,1H3,(H2,15,16,17,19). The first kappa shape index (κ1) is 13.2. The number of anilines is 1. The van der Waals surface area contributed by atoms with Crippen LogP contribution in [0.25, 0.3) is 0 Å². The molecule has 1 aromatic heterocycles. The van der Waals surface area contributed by atoms with Gasteiger partial charge in [0.1, 0.15) is 5.82 Å². The maximum atomic E-state index is 13.4. The highest BCUT2D eigenvalue weighted by Crippen LogP contribution is 2.12. The fourth-order valence-corrected chi connectivity index (χ4v) is 1.68. The van der Waals surface area contributed by atoms with E-state index in [0.29, 0.717) is 5.56 Å². The Labute approximate surface area is 114 Å². The number of benzene rings is 1. The Morgan fingerprint density at radius 1 is 1.32 bits per heavy atom. The van der Waals surface area contributed by atoms with Gasteiger partial charge in [0.05, 0.1) is 12.0 Å². The van der Waals surface area contributed by atoms with Crippen molar-refractivity contribution in [3.63, 3.8) is 0 Å². The SMILES string of the molecule is Cc1ccoc1C(=O)NC(=S)Nc1ccccc1F. The van der Waals surface area contributed by atoms with E-state index in [-0.39, 0.29) is 16.6 Å². The Morgan fingerprint density at radius 3 is 2.68 bits per heavy atom. The molecule has 0 spiro atoms. The Hall–Kier alpha value is -2.21. The number of amides is 1. The Kier molecular flexibility index (Phi) is 3.91. The second-order valence-electron chi connectivity index (χ2n) is 3.82. The van der Waals surface area contributed by atoms with Crippen molar-refractivity contribution in [1.29, 1.82) is 0 Å². The van der Waals surface area contributed by atoms with Crippen LogP contribution >= 0.6 is 12.2 Å². The summed E-state index contributed by atoms with van der Waals surface area (Å²) >= 11 is 4.94. The summed E-state index contributed by atoms with van der Waals surface area (Å²) in [7, 11) is 0. The molecule has 4 nitrogen and oxygen atoms in total. The van der Waals surface area contributed by atoms with Gasteiger partial charge in [0.15, 0.2) is 10.9 Å². The summed E-state index contributed by atoms with van der Waals surface area (Å²) in [6.07, 6.45) is 1.41. The Bertz CT molecular complexity index is 625. The number of carbonyl (C=O) groups excluding carboxylic acids is 1. The van der Waals surface area contributed by atoms with Gasteiger partial charge in [-0.2, -0.15) is 0 Å². The van der Waals surface area contributed by atoms with Crippen LogP contribution in [0, 0.1) is 12.7 Å². The average Bonchev–Trinajstić information content (AvgIpc) is 2.78. The van der Waals surface area contributed by atoms with Crippen molar-refractivity contribution in [2.75, 3.05) is 5.32 Å². The van der Waals surface area contributed by atoms with E-state index >= 15 is 0 Å². The molecular weight excluding hydrogens is 267 g/mol. The summed E-state index contributed by atoms with van der Waals surface area (Å²) in [4.78, 5) is 11.8. The fourth-order valence-electron chi connectivity index (χ4n) is 1.48. The van der Waals surface area contributed by atoms with Gasteiger partial charge in [0.2, 0.25) is 0 Å². The van der Waals surface area contributed by atoms with Crippen molar-refractivity contribution < 1.29 is 13.6 Å². The van der Waals surface area contributed by atoms with Crippen LogP contribution in [-0.2, 0) is 0 Å². The Balaban J connectivity index is 2.01. The molecule has 0 aliphatic carbocycles. The summed E-state index contributed by atoms with van der Waals surface area (Å²) in [5.41, 5.74) is 0.898. The van der Waals surface area contributed by atoms with Crippen molar-refractivity contribution in [2.24, 2.45) is 0 Å². The molecule has 1 heterocycles. The zero-order valence-electron chi connectivity index (χ0n) is 10.1. The molecule has 0 aliphatic heterocycles. The lowest BCUT2D eigenvalue weighted by Gasteiger charge is -2.09. The zero-order valence-corrected chi connectivity index (χ0v) is 10.9. The highest BCUT2D eigenvalue weighted by Gasteiger charge is 2.14.